The Kier molecular flexibility index (Phi) is 5.89. The molecule has 1 amide bonds. The number of carbonyl (C=O) groups excluding carboxylic acids is 2. The molecule has 0 bridgehead atoms. The van der Waals surface area contributed by atoms with Crippen LogP contribution in [0.2, 0.25) is 0 Å². The third-order valence-corrected chi connectivity index (χ3v) is 3.87. The van der Waals surface area contributed by atoms with Gasteiger partial charge in [-0.15, -0.1) is 0 Å². The monoisotopic (exact) mass is 364 g/mol. The topological polar surface area (TPSA) is 80.6 Å². The molecule has 6 nitrogen and oxygen atoms in total. The van der Waals surface area contributed by atoms with Crippen LogP contribution in [-0.4, -0.2) is 18.0 Å². The highest BCUT2D eigenvalue weighted by Crippen LogP contribution is 2.18. The Morgan fingerprint density at radius 1 is 1.00 bits per heavy atom. The average molecular weight is 364 g/mol. The lowest BCUT2D eigenvalue weighted by molar-refractivity contribution is -0.123. The van der Waals surface area contributed by atoms with E-state index in [-0.39, 0.29) is 0 Å². The molecule has 0 fully saturated rings. The molecule has 0 spiro atoms. The lowest BCUT2D eigenvalue weighted by Crippen LogP contribution is -2.30. The van der Waals surface area contributed by atoms with Gasteiger partial charge in [0.15, 0.2) is 6.10 Å². The van der Waals surface area contributed by atoms with Crippen molar-refractivity contribution in [2.24, 2.45) is 0 Å². The Balaban J connectivity index is 1.62. The van der Waals surface area contributed by atoms with E-state index in [2.05, 4.69) is 10.6 Å². The minimum atomic E-state index is -0.934. The first kappa shape index (κ1) is 18.3. The SMILES string of the molecule is C[C@@H](OC(=O)c1ccccc1NCc1ccco1)C(=O)Nc1ccccc1. The van der Waals surface area contributed by atoms with Crippen molar-refractivity contribution in [2.75, 3.05) is 10.6 Å². The van der Waals surface area contributed by atoms with Crippen molar-refractivity contribution in [1.29, 1.82) is 0 Å². The highest BCUT2D eigenvalue weighted by atomic mass is 16.5. The molecule has 3 aromatic rings. The molecule has 1 aromatic heterocycles. The van der Waals surface area contributed by atoms with Crippen molar-refractivity contribution < 1.29 is 18.7 Å². The molecule has 0 aliphatic carbocycles. The van der Waals surface area contributed by atoms with Gasteiger partial charge in [-0.2, -0.15) is 0 Å². The largest absolute Gasteiger partial charge is 0.467 e. The van der Waals surface area contributed by atoms with Gasteiger partial charge >= 0.3 is 5.97 Å². The van der Waals surface area contributed by atoms with E-state index in [9.17, 15) is 9.59 Å². The molecule has 0 saturated carbocycles. The number of esters is 1. The summed E-state index contributed by atoms with van der Waals surface area (Å²) in [6, 6.07) is 19.6. The molecule has 0 aliphatic heterocycles. The lowest BCUT2D eigenvalue weighted by atomic mass is 10.1. The Labute approximate surface area is 157 Å². The molecule has 2 aromatic carbocycles. The number of anilines is 2. The van der Waals surface area contributed by atoms with Crippen LogP contribution in [0.4, 0.5) is 11.4 Å². The van der Waals surface area contributed by atoms with Gasteiger partial charge in [0.25, 0.3) is 5.91 Å². The van der Waals surface area contributed by atoms with Crippen LogP contribution in [0.25, 0.3) is 0 Å². The summed E-state index contributed by atoms with van der Waals surface area (Å²) in [5.74, 6) is -0.224. The van der Waals surface area contributed by atoms with Gasteiger partial charge in [-0.1, -0.05) is 30.3 Å². The molecule has 0 unspecified atom stereocenters. The van der Waals surface area contributed by atoms with Gasteiger partial charge in [-0.3, -0.25) is 4.79 Å². The number of carbonyl (C=O) groups is 2. The van der Waals surface area contributed by atoms with Crippen LogP contribution in [0, 0.1) is 0 Å². The van der Waals surface area contributed by atoms with Gasteiger partial charge in [0.1, 0.15) is 5.76 Å². The van der Waals surface area contributed by atoms with Crippen LogP contribution in [0.3, 0.4) is 0 Å². The predicted octanol–water partition coefficient (Wildman–Crippen LogP) is 4.08. The number of para-hydroxylation sites is 2. The minimum absolute atomic E-state index is 0.350. The van der Waals surface area contributed by atoms with Gasteiger partial charge in [0.05, 0.1) is 18.4 Å². The third kappa shape index (κ3) is 4.98. The van der Waals surface area contributed by atoms with E-state index in [0.717, 1.165) is 5.76 Å². The van der Waals surface area contributed by atoms with E-state index in [4.69, 9.17) is 9.15 Å². The van der Waals surface area contributed by atoms with Gasteiger partial charge in [-0.25, -0.2) is 4.79 Å². The summed E-state index contributed by atoms with van der Waals surface area (Å²) in [6.07, 6.45) is 0.653. The van der Waals surface area contributed by atoms with Gasteiger partial charge in [-0.05, 0) is 43.3 Å². The van der Waals surface area contributed by atoms with Gasteiger partial charge in [0, 0.05) is 11.4 Å². The van der Waals surface area contributed by atoms with E-state index < -0.39 is 18.0 Å². The Hall–Kier alpha value is -3.54. The summed E-state index contributed by atoms with van der Waals surface area (Å²) in [4.78, 5) is 24.8. The summed E-state index contributed by atoms with van der Waals surface area (Å²) in [6.45, 7) is 1.97. The van der Waals surface area contributed by atoms with Crippen molar-refractivity contribution in [3.05, 3.63) is 84.3 Å². The van der Waals surface area contributed by atoms with Crippen LogP contribution in [-0.2, 0) is 16.1 Å². The Morgan fingerprint density at radius 3 is 2.48 bits per heavy atom. The van der Waals surface area contributed by atoms with Crippen molar-refractivity contribution in [3.8, 4) is 0 Å². The van der Waals surface area contributed by atoms with Crippen molar-refractivity contribution >= 4 is 23.3 Å². The molecule has 138 valence electrons. The molecule has 0 radical (unpaired) electrons. The molecule has 3 rings (SSSR count). The number of ether oxygens (including phenoxy) is 1. The van der Waals surface area contributed by atoms with E-state index in [0.29, 0.717) is 23.5 Å². The number of nitrogens with one attached hydrogen (secondary N) is 2. The fourth-order valence-corrected chi connectivity index (χ4v) is 2.45. The van der Waals surface area contributed by atoms with Crippen molar-refractivity contribution in [3.63, 3.8) is 0 Å². The summed E-state index contributed by atoms with van der Waals surface area (Å²) in [5.41, 5.74) is 1.60. The molecule has 1 heterocycles. The number of amides is 1. The smallest absolute Gasteiger partial charge is 0.341 e. The standard InChI is InChI=1S/C21H20N2O4/c1-15(20(24)23-16-8-3-2-4-9-16)27-21(25)18-11-5-6-12-19(18)22-14-17-10-7-13-26-17/h2-13,15,22H,14H2,1H3,(H,23,24)/t15-/m1/s1. The molecule has 0 saturated heterocycles. The van der Waals surface area contributed by atoms with Crippen LogP contribution < -0.4 is 10.6 Å². The third-order valence-electron chi connectivity index (χ3n) is 3.87. The zero-order valence-electron chi connectivity index (χ0n) is 14.8. The van der Waals surface area contributed by atoms with Crippen molar-refractivity contribution in [2.45, 2.75) is 19.6 Å². The van der Waals surface area contributed by atoms with Gasteiger partial charge < -0.3 is 19.8 Å². The molecule has 0 aliphatic rings. The fraction of sp³-hybridized carbons (Fsp3) is 0.143. The highest BCUT2D eigenvalue weighted by molar-refractivity contribution is 5.99. The second-order valence-electron chi connectivity index (χ2n) is 5.88. The molecule has 2 N–H and O–H groups in total. The van der Waals surface area contributed by atoms with Gasteiger partial charge in [0.2, 0.25) is 0 Å². The van der Waals surface area contributed by atoms with E-state index in [1.54, 1.807) is 42.7 Å². The molecule has 1 atom stereocenters. The Bertz CT molecular complexity index is 892. The number of hydrogen-bond acceptors (Lipinski definition) is 5. The fourth-order valence-electron chi connectivity index (χ4n) is 2.45. The highest BCUT2D eigenvalue weighted by Gasteiger charge is 2.21. The first-order valence-corrected chi connectivity index (χ1v) is 8.55. The molecular weight excluding hydrogens is 344 g/mol. The zero-order valence-corrected chi connectivity index (χ0v) is 14.8. The van der Waals surface area contributed by atoms with Crippen LogP contribution >= 0.6 is 0 Å². The second kappa shape index (κ2) is 8.71. The van der Waals surface area contributed by atoms with E-state index >= 15 is 0 Å². The summed E-state index contributed by atoms with van der Waals surface area (Å²) in [5, 5.41) is 5.86. The maximum absolute atomic E-state index is 12.5. The molecule has 6 heteroatoms. The maximum Gasteiger partial charge on any atom is 0.341 e. The van der Waals surface area contributed by atoms with E-state index in [1.807, 2.05) is 30.3 Å². The Morgan fingerprint density at radius 2 is 1.74 bits per heavy atom. The van der Waals surface area contributed by atoms with E-state index in [1.165, 1.54) is 6.92 Å². The number of hydrogen-bond donors (Lipinski definition) is 2. The summed E-state index contributed by atoms with van der Waals surface area (Å²) < 4.78 is 10.6. The summed E-state index contributed by atoms with van der Waals surface area (Å²) in [7, 11) is 0. The predicted molar refractivity (Wildman–Crippen MR) is 102 cm³/mol. The van der Waals surface area contributed by atoms with Crippen LogP contribution in [0.15, 0.2) is 77.4 Å². The lowest BCUT2D eigenvalue weighted by Gasteiger charge is -2.15. The summed E-state index contributed by atoms with van der Waals surface area (Å²) >= 11 is 0. The van der Waals surface area contributed by atoms with Crippen LogP contribution in [0.1, 0.15) is 23.0 Å². The molecular formula is C21H20N2O4. The molecule has 27 heavy (non-hydrogen) atoms. The zero-order chi connectivity index (χ0) is 19.1. The average Bonchev–Trinajstić information content (AvgIpc) is 3.21. The first-order valence-electron chi connectivity index (χ1n) is 8.55. The second-order valence-corrected chi connectivity index (χ2v) is 5.88. The maximum atomic E-state index is 12.5. The van der Waals surface area contributed by atoms with Crippen molar-refractivity contribution in [1.82, 2.24) is 0 Å². The normalized spacial score (nSPS) is 11.4. The van der Waals surface area contributed by atoms with Crippen LogP contribution in [0.5, 0.6) is 0 Å². The minimum Gasteiger partial charge on any atom is -0.467 e. The number of benzene rings is 2. The quantitative estimate of drug-likeness (QED) is 0.618. The number of rotatable bonds is 7. The first-order chi connectivity index (χ1) is 13.1. The number of furan rings is 1.